The topological polar surface area (TPSA) is 67.2 Å². The number of carbonyl (C=O) groups excluding carboxylic acids is 2. The highest BCUT2D eigenvalue weighted by Gasteiger charge is 2.23. The summed E-state index contributed by atoms with van der Waals surface area (Å²) in [7, 11) is 0. The Morgan fingerprint density at radius 1 is 1.20 bits per heavy atom. The van der Waals surface area contributed by atoms with Crippen LogP contribution in [0.1, 0.15) is 38.3 Å². The number of aromatic nitrogens is 2. The number of nitrogens with one attached hydrogen (secondary N) is 1. The van der Waals surface area contributed by atoms with Crippen LogP contribution in [0.4, 0.5) is 0 Å². The number of aryl methyl sites for hydroxylation is 2. The number of hydrogen-bond donors (Lipinski definition) is 1. The second kappa shape index (κ2) is 7.68. The van der Waals surface area contributed by atoms with Crippen LogP contribution >= 0.6 is 0 Å². The molecule has 0 spiro atoms. The van der Waals surface area contributed by atoms with Crippen LogP contribution in [-0.4, -0.2) is 45.6 Å². The lowest BCUT2D eigenvalue weighted by Crippen LogP contribution is -2.48. The quantitative estimate of drug-likeness (QED) is 0.906. The van der Waals surface area contributed by atoms with Crippen molar-refractivity contribution in [1.29, 1.82) is 0 Å². The van der Waals surface area contributed by atoms with Crippen molar-refractivity contribution in [3.63, 3.8) is 0 Å². The van der Waals surface area contributed by atoms with E-state index < -0.39 is 6.04 Å². The summed E-state index contributed by atoms with van der Waals surface area (Å²) >= 11 is 0. The number of fused-ring (bicyclic) bond motifs is 1. The molecule has 1 aliphatic rings. The minimum atomic E-state index is -0.471. The third-order valence-electron chi connectivity index (χ3n) is 4.81. The summed E-state index contributed by atoms with van der Waals surface area (Å²) < 4.78 is 1.86. The molecule has 3 rings (SSSR count). The number of piperidine rings is 1. The van der Waals surface area contributed by atoms with E-state index >= 15 is 0 Å². The molecule has 25 heavy (non-hydrogen) atoms. The third kappa shape index (κ3) is 4.00. The first kappa shape index (κ1) is 17.5. The van der Waals surface area contributed by atoms with Crippen LogP contribution in [0.15, 0.2) is 24.3 Å². The molecule has 0 saturated carbocycles. The zero-order valence-electron chi connectivity index (χ0n) is 15.0. The third-order valence-corrected chi connectivity index (χ3v) is 4.81. The molecule has 1 N–H and O–H groups in total. The lowest BCUT2D eigenvalue weighted by molar-refractivity contribution is -0.136. The van der Waals surface area contributed by atoms with Crippen molar-refractivity contribution in [1.82, 2.24) is 20.0 Å². The SMILES string of the molecule is Cc1nn(CCC(=O)N[C@H](C)C(=O)N2CCCCC2)c2ccccc12. The van der Waals surface area contributed by atoms with Crippen molar-refractivity contribution < 1.29 is 9.59 Å². The van der Waals surface area contributed by atoms with E-state index in [1.54, 1.807) is 6.92 Å². The Kier molecular flexibility index (Phi) is 5.36. The summed E-state index contributed by atoms with van der Waals surface area (Å²) in [6.45, 7) is 5.85. The van der Waals surface area contributed by atoms with Crippen LogP contribution in [-0.2, 0) is 16.1 Å². The van der Waals surface area contributed by atoms with Crippen molar-refractivity contribution in [2.45, 2.75) is 52.1 Å². The molecule has 1 saturated heterocycles. The van der Waals surface area contributed by atoms with Gasteiger partial charge in [-0.2, -0.15) is 5.10 Å². The largest absolute Gasteiger partial charge is 0.345 e. The molecule has 6 heteroatoms. The predicted octanol–water partition coefficient (Wildman–Crippen LogP) is 2.25. The maximum Gasteiger partial charge on any atom is 0.244 e. The fourth-order valence-electron chi connectivity index (χ4n) is 3.43. The summed E-state index contributed by atoms with van der Waals surface area (Å²) in [5.74, 6) is -0.0940. The molecule has 6 nitrogen and oxygen atoms in total. The van der Waals surface area contributed by atoms with Gasteiger partial charge in [0.1, 0.15) is 6.04 Å². The molecular weight excluding hydrogens is 316 g/mol. The molecule has 0 unspecified atom stereocenters. The Labute approximate surface area is 148 Å². The first-order valence-electron chi connectivity index (χ1n) is 9.06. The van der Waals surface area contributed by atoms with Crippen molar-refractivity contribution in [2.75, 3.05) is 13.1 Å². The van der Waals surface area contributed by atoms with Gasteiger partial charge >= 0.3 is 0 Å². The molecule has 134 valence electrons. The second-order valence-corrected chi connectivity index (χ2v) is 6.75. The van der Waals surface area contributed by atoms with Crippen molar-refractivity contribution >= 4 is 22.7 Å². The van der Waals surface area contributed by atoms with Gasteiger partial charge in [0, 0.05) is 24.9 Å². The summed E-state index contributed by atoms with van der Waals surface area (Å²) in [4.78, 5) is 26.5. The van der Waals surface area contributed by atoms with E-state index in [9.17, 15) is 9.59 Å². The average molecular weight is 342 g/mol. The lowest BCUT2D eigenvalue weighted by atomic mass is 10.1. The Bertz CT molecular complexity index is 762. The molecular formula is C19H26N4O2. The highest BCUT2D eigenvalue weighted by Crippen LogP contribution is 2.17. The Balaban J connectivity index is 1.54. The first-order chi connectivity index (χ1) is 12.1. The van der Waals surface area contributed by atoms with E-state index in [1.165, 1.54) is 6.42 Å². The number of carbonyl (C=O) groups is 2. The molecule has 1 aromatic heterocycles. The zero-order valence-corrected chi connectivity index (χ0v) is 15.0. The Morgan fingerprint density at radius 3 is 2.68 bits per heavy atom. The molecule has 1 atom stereocenters. The van der Waals surface area contributed by atoms with E-state index in [0.717, 1.165) is 42.5 Å². The minimum Gasteiger partial charge on any atom is -0.345 e. The van der Waals surface area contributed by atoms with Gasteiger partial charge in [-0.25, -0.2) is 0 Å². The van der Waals surface area contributed by atoms with E-state index in [-0.39, 0.29) is 11.8 Å². The van der Waals surface area contributed by atoms with Gasteiger partial charge < -0.3 is 10.2 Å². The first-order valence-corrected chi connectivity index (χ1v) is 9.06. The summed E-state index contributed by atoms with van der Waals surface area (Å²) in [5, 5.41) is 8.45. The van der Waals surface area contributed by atoms with Crippen LogP contribution in [0.5, 0.6) is 0 Å². The summed E-state index contributed by atoms with van der Waals surface area (Å²) in [6, 6.07) is 7.53. The second-order valence-electron chi connectivity index (χ2n) is 6.75. The van der Waals surface area contributed by atoms with E-state index in [2.05, 4.69) is 10.4 Å². The van der Waals surface area contributed by atoms with Crippen LogP contribution in [0, 0.1) is 6.92 Å². The lowest BCUT2D eigenvalue weighted by Gasteiger charge is -2.29. The maximum atomic E-state index is 12.4. The van der Waals surface area contributed by atoms with Crippen LogP contribution in [0.25, 0.3) is 10.9 Å². The van der Waals surface area contributed by atoms with Gasteiger partial charge in [0.2, 0.25) is 11.8 Å². The van der Waals surface area contributed by atoms with E-state index in [0.29, 0.717) is 13.0 Å². The Morgan fingerprint density at radius 2 is 1.92 bits per heavy atom. The summed E-state index contributed by atoms with van der Waals surface area (Å²) in [6.07, 6.45) is 3.60. The number of benzene rings is 1. The van der Waals surface area contributed by atoms with Crippen LogP contribution in [0.2, 0.25) is 0 Å². The number of para-hydroxylation sites is 1. The van der Waals surface area contributed by atoms with Gasteiger partial charge in [-0.15, -0.1) is 0 Å². The van der Waals surface area contributed by atoms with Gasteiger partial charge in [0.05, 0.1) is 17.8 Å². The number of amides is 2. The molecule has 1 fully saturated rings. The van der Waals surface area contributed by atoms with Crippen LogP contribution < -0.4 is 5.32 Å². The molecule has 0 aliphatic carbocycles. The number of hydrogen-bond acceptors (Lipinski definition) is 3. The number of rotatable bonds is 5. The fourth-order valence-corrected chi connectivity index (χ4v) is 3.43. The van der Waals surface area contributed by atoms with Crippen molar-refractivity contribution in [2.24, 2.45) is 0 Å². The van der Waals surface area contributed by atoms with Gasteiger partial charge in [-0.3, -0.25) is 14.3 Å². The highest BCUT2D eigenvalue weighted by molar-refractivity contribution is 5.87. The van der Waals surface area contributed by atoms with Crippen LogP contribution in [0.3, 0.4) is 0 Å². The zero-order chi connectivity index (χ0) is 17.8. The number of likely N-dealkylation sites (tertiary alicyclic amines) is 1. The normalized spacial score (nSPS) is 16.0. The van der Waals surface area contributed by atoms with Gasteiger partial charge in [0.15, 0.2) is 0 Å². The standard InChI is InChI=1S/C19H26N4O2/c1-14-16-8-4-5-9-17(16)23(21-14)13-10-18(24)20-15(2)19(25)22-11-6-3-7-12-22/h4-5,8-9,15H,3,6-7,10-13H2,1-2H3,(H,20,24)/t15-/m1/s1. The molecule has 1 aromatic carbocycles. The fraction of sp³-hybridized carbons (Fsp3) is 0.526. The summed E-state index contributed by atoms with van der Waals surface area (Å²) in [5.41, 5.74) is 2.00. The smallest absolute Gasteiger partial charge is 0.244 e. The molecule has 1 aliphatic heterocycles. The molecule has 2 heterocycles. The molecule has 0 bridgehead atoms. The Hall–Kier alpha value is -2.37. The number of nitrogens with zero attached hydrogens (tertiary/aromatic N) is 3. The van der Waals surface area contributed by atoms with Gasteiger partial charge in [-0.05, 0) is 39.2 Å². The van der Waals surface area contributed by atoms with Crippen molar-refractivity contribution in [3.8, 4) is 0 Å². The van der Waals surface area contributed by atoms with Crippen molar-refractivity contribution in [3.05, 3.63) is 30.0 Å². The molecule has 0 radical (unpaired) electrons. The van der Waals surface area contributed by atoms with Gasteiger partial charge in [0.25, 0.3) is 0 Å². The highest BCUT2D eigenvalue weighted by atomic mass is 16.2. The van der Waals surface area contributed by atoms with Gasteiger partial charge in [-0.1, -0.05) is 18.2 Å². The predicted molar refractivity (Wildman–Crippen MR) is 97.1 cm³/mol. The maximum absolute atomic E-state index is 12.4. The molecule has 2 aromatic rings. The van der Waals surface area contributed by atoms with E-state index in [4.69, 9.17) is 0 Å². The average Bonchev–Trinajstić information content (AvgIpc) is 2.96. The minimum absolute atomic E-state index is 0.0217. The monoisotopic (exact) mass is 342 g/mol. The molecule has 2 amide bonds. The van der Waals surface area contributed by atoms with E-state index in [1.807, 2.05) is 40.8 Å².